The Kier molecular flexibility index (Phi) is 16.7. The minimum atomic E-state index is -0.967. The van der Waals surface area contributed by atoms with Gasteiger partial charge in [-0.15, -0.1) is 0 Å². The molecule has 17 nitrogen and oxygen atoms in total. The van der Waals surface area contributed by atoms with Gasteiger partial charge in [0, 0.05) is 97.6 Å². The lowest BCUT2D eigenvalue weighted by atomic mass is 10.0. The van der Waals surface area contributed by atoms with Gasteiger partial charge in [0.1, 0.15) is 47.9 Å². The van der Waals surface area contributed by atoms with Crippen LogP contribution in [0.4, 0.5) is 17.6 Å². The molecule has 0 atom stereocenters. The molecule has 10 aromatic rings. The Morgan fingerprint density at radius 2 is 0.966 bits per heavy atom. The number of amides is 2. The summed E-state index contributed by atoms with van der Waals surface area (Å²) in [6.07, 6.45) is 5.42. The molecule has 2 saturated carbocycles. The second kappa shape index (κ2) is 24.9. The third-order valence-electron chi connectivity index (χ3n) is 16.2. The smallest absolute Gasteiger partial charge is 0.346 e. The van der Waals surface area contributed by atoms with E-state index in [1.807, 2.05) is 0 Å². The molecule has 2 aliphatic carbocycles. The fraction of sp³-hybridized carbons (Fsp3) is 0.242. The van der Waals surface area contributed by atoms with E-state index < -0.39 is 47.8 Å². The molecule has 12 rings (SSSR count). The second-order valence-electron chi connectivity index (χ2n) is 22.3. The highest BCUT2D eigenvalue weighted by Gasteiger charge is 2.45. The zero-order chi connectivity index (χ0) is 62.1. The van der Waals surface area contributed by atoms with Crippen LogP contribution in [0.5, 0.6) is 11.8 Å². The summed E-state index contributed by atoms with van der Waals surface area (Å²) in [6, 6.07) is 31.6. The third kappa shape index (κ3) is 12.9. The van der Waals surface area contributed by atoms with Crippen molar-refractivity contribution in [2.45, 2.75) is 64.8 Å². The minimum Gasteiger partial charge on any atom is -0.473 e. The third-order valence-corrected chi connectivity index (χ3v) is 16.9. The van der Waals surface area contributed by atoms with Gasteiger partial charge in [0.15, 0.2) is 0 Å². The van der Waals surface area contributed by atoms with Gasteiger partial charge in [0.05, 0.1) is 68.0 Å². The summed E-state index contributed by atoms with van der Waals surface area (Å²) < 4.78 is 82.5. The van der Waals surface area contributed by atoms with Crippen LogP contribution in [0.3, 0.4) is 0 Å². The van der Waals surface area contributed by atoms with E-state index in [2.05, 4.69) is 30.6 Å². The number of alkyl halides is 2. The topological polar surface area (TPSA) is 207 Å². The van der Waals surface area contributed by atoms with Crippen molar-refractivity contribution in [3.8, 4) is 34.3 Å². The molecule has 2 N–H and O–H groups in total. The number of esters is 2. The SMILES string of the molecule is CNC(=O)c1cc(Cl)c(COc2cccc(-c3ccc(Cc4nc5ccc(C(=O)OC(=O)c6ccc7nc(Cc8ccc(-c9cccc(OCc%10cnc(C(=O)NC)cc%10Cl)n9)cc8F)n(CC8(CF)CC8)c7c6)cc5n4CC4(CF)CC4)c(F)c3)n2)cn1. The van der Waals surface area contributed by atoms with Crippen LogP contribution in [0.25, 0.3) is 44.6 Å². The number of hydrogen-bond donors (Lipinski definition) is 2. The van der Waals surface area contributed by atoms with Gasteiger partial charge in [0.2, 0.25) is 11.8 Å². The lowest BCUT2D eigenvalue weighted by Gasteiger charge is -2.16. The molecule has 0 bridgehead atoms. The number of ether oxygens (including phenoxy) is 3. The van der Waals surface area contributed by atoms with Crippen LogP contribution in [-0.4, -0.2) is 90.2 Å². The molecule has 0 unspecified atom stereocenters. The van der Waals surface area contributed by atoms with Crippen molar-refractivity contribution in [3.63, 3.8) is 0 Å². The van der Waals surface area contributed by atoms with Crippen molar-refractivity contribution in [1.29, 1.82) is 0 Å². The number of halogens is 6. The van der Waals surface area contributed by atoms with Crippen LogP contribution < -0.4 is 20.1 Å². The van der Waals surface area contributed by atoms with Crippen LogP contribution in [-0.2, 0) is 43.9 Å². The normalized spacial score (nSPS) is 13.7. The van der Waals surface area contributed by atoms with E-state index in [0.717, 1.165) is 0 Å². The molecule has 2 fully saturated rings. The molecule has 0 saturated heterocycles. The minimum absolute atomic E-state index is 0.00614. The Morgan fingerprint density at radius 3 is 1.34 bits per heavy atom. The molecular weight excluding hydrogens is 1190 g/mol. The average Bonchev–Trinajstić information content (AvgIpc) is 2.06. The molecule has 4 aromatic carbocycles. The number of nitrogens with zero attached hydrogens (tertiary/aromatic N) is 8. The molecule has 23 heteroatoms. The van der Waals surface area contributed by atoms with E-state index in [1.54, 1.807) is 81.9 Å². The highest BCUT2D eigenvalue weighted by atomic mass is 35.5. The lowest BCUT2D eigenvalue weighted by Crippen LogP contribution is -2.19. The summed E-state index contributed by atoms with van der Waals surface area (Å²) in [4.78, 5) is 78.9. The molecule has 6 aromatic heterocycles. The fourth-order valence-corrected chi connectivity index (χ4v) is 10.8. The highest BCUT2D eigenvalue weighted by molar-refractivity contribution is 6.32. The maximum absolute atomic E-state index is 16.2. The summed E-state index contributed by atoms with van der Waals surface area (Å²) in [5.41, 5.74) is 4.32. The number of imidazole rings is 2. The summed E-state index contributed by atoms with van der Waals surface area (Å²) >= 11 is 12.8. The Labute approximate surface area is 516 Å². The Morgan fingerprint density at radius 1 is 0.539 bits per heavy atom. The maximum atomic E-state index is 16.2. The van der Waals surface area contributed by atoms with Gasteiger partial charge in [-0.2, -0.15) is 0 Å². The van der Waals surface area contributed by atoms with Crippen LogP contribution >= 0.6 is 23.2 Å². The van der Waals surface area contributed by atoms with Crippen LogP contribution in [0.1, 0.15) is 101 Å². The van der Waals surface area contributed by atoms with Crippen molar-refractivity contribution in [2.75, 3.05) is 27.4 Å². The number of rotatable bonds is 22. The molecule has 6 heterocycles. The predicted molar refractivity (Wildman–Crippen MR) is 323 cm³/mol. The van der Waals surface area contributed by atoms with E-state index in [1.165, 1.54) is 75.0 Å². The van der Waals surface area contributed by atoms with Crippen LogP contribution in [0, 0.1) is 22.5 Å². The number of pyridine rings is 4. The van der Waals surface area contributed by atoms with Crippen molar-refractivity contribution < 1.29 is 51.0 Å². The van der Waals surface area contributed by atoms with Gasteiger partial charge in [-0.05, 0) is 110 Å². The lowest BCUT2D eigenvalue weighted by molar-refractivity contribution is 0.0397. The average molecular weight is 1250 g/mol. The van der Waals surface area contributed by atoms with E-state index in [4.69, 9.17) is 47.4 Å². The van der Waals surface area contributed by atoms with Gasteiger partial charge in [-0.25, -0.2) is 38.3 Å². The number of benzene rings is 4. The number of carbonyl (C=O) groups excluding carboxylic acids is 4. The van der Waals surface area contributed by atoms with Gasteiger partial charge in [-0.3, -0.25) is 28.3 Å². The summed E-state index contributed by atoms with van der Waals surface area (Å²) in [7, 11) is 2.98. The first-order valence-electron chi connectivity index (χ1n) is 28.4. The number of nitrogens with one attached hydrogen (secondary N) is 2. The quantitative estimate of drug-likeness (QED) is 0.0368. The van der Waals surface area contributed by atoms with Gasteiger partial charge in [0.25, 0.3) is 11.8 Å². The van der Waals surface area contributed by atoms with Crippen molar-refractivity contribution in [3.05, 3.63) is 212 Å². The summed E-state index contributed by atoms with van der Waals surface area (Å²) in [5.74, 6) is -2.44. The Balaban J connectivity index is 0.742. The van der Waals surface area contributed by atoms with E-state index in [0.29, 0.717) is 104 Å². The van der Waals surface area contributed by atoms with Crippen LogP contribution in [0.15, 0.2) is 134 Å². The molecule has 452 valence electrons. The van der Waals surface area contributed by atoms with E-state index in [-0.39, 0.29) is 95.3 Å². The molecule has 0 spiro atoms. The number of aromatic nitrogens is 8. The van der Waals surface area contributed by atoms with Crippen molar-refractivity contribution in [2.24, 2.45) is 10.8 Å². The standard InChI is InChI=1S/C66H54Cl2F4N10O7/c1-73-61(83)53-27-45(67)43(29-75-53)31-87-59-7-3-5-49(79-59)39-11-9-37(47(71)21-39)25-57-77-51-15-13-41(23-55(51)81(57)35-65(33-69)17-18-65)63(85)89-64(86)42-14-16-52-56(24-42)82(36-66(34-70)19-20-66)58(78-52)26-38-10-12-40(22-48(38)72)50-6-4-8-60(80-50)88-32-44-30-76-54(28-46(44)68)62(84)74-2/h3-16,21-24,27-30H,17-20,25-26,31-36H2,1-2H3,(H,73,83)(H,74,84). The first kappa shape index (κ1) is 59.7. The molecule has 89 heavy (non-hydrogen) atoms. The molecule has 0 radical (unpaired) electrons. The molecular formula is C66H54Cl2F4N10O7. The number of carbonyl (C=O) groups is 4. The molecule has 0 aliphatic heterocycles. The van der Waals surface area contributed by atoms with Crippen LogP contribution in [0.2, 0.25) is 10.0 Å². The number of hydrogen-bond acceptors (Lipinski definition) is 13. The van der Waals surface area contributed by atoms with Gasteiger partial charge >= 0.3 is 11.9 Å². The summed E-state index contributed by atoms with van der Waals surface area (Å²) in [5, 5.41) is 5.57. The van der Waals surface area contributed by atoms with Crippen molar-refractivity contribution >= 4 is 69.0 Å². The van der Waals surface area contributed by atoms with E-state index >= 15 is 8.78 Å². The highest BCUT2D eigenvalue weighted by Crippen LogP contribution is 2.49. The fourth-order valence-electron chi connectivity index (χ4n) is 10.4. The first-order valence-corrected chi connectivity index (χ1v) is 29.2. The largest absolute Gasteiger partial charge is 0.473 e. The van der Waals surface area contributed by atoms with Gasteiger partial charge < -0.3 is 34.0 Å². The van der Waals surface area contributed by atoms with Crippen molar-refractivity contribution in [1.82, 2.24) is 49.7 Å². The summed E-state index contributed by atoms with van der Waals surface area (Å²) in [6.45, 7) is -0.765. The Bertz CT molecular complexity index is 4180. The maximum Gasteiger partial charge on any atom is 0.346 e. The Hall–Kier alpha value is -9.60. The molecule has 2 aliphatic rings. The zero-order valence-electron chi connectivity index (χ0n) is 47.9. The van der Waals surface area contributed by atoms with E-state index in [9.17, 15) is 28.0 Å². The number of fused-ring (bicyclic) bond motifs is 2. The van der Waals surface area contributed by atoms with Gasteiger partial charge in [-0.1, -0.05) is 59.6 Å². The monoisotopic (exact) mass is 1240 g/mol. The predicted octanol–water partition coefficient (Wildman–Crippen LogP) is 12.4. The zero-order valence-corrected chi connectivity index (χ0v) is 49.4. The second-order valence-corrected chi connectivity index (χ2v) is 23.1. The molecule has 2 amide bonds. The first-order chi connectivity index (χ1) is 43.0.